The molecule has 2 nitrogen and oxygen atoms in total. The lowest BCUT2D eigenvalue weighted by molar-refractivity contribution is 0.754. The Kier molecular flexibility index (Phi) is 3.28. The summed E-state index contributed by atoms with van der Waals surface area (Å²) >= 11 is 11.2. The second kappa shape index (κ2) is 4.75. The third-order valence-electron chi connectivity index (χ3n) is 3.10. The molecule has 0 atom stereocenters. The second-order valence-electron chi connectivity index (χ2n) is 4.38. The molecule has 17 heavy (non-hydrogen) atoms. The number of thiazole rings is 1. The molecule has 0 aliphatic heterocycles. The van der Waals surface area contributed by atoms with Crippen molar-refractivity contribution in [1.82, 2.24) is 4.98 Å². The van der Waals surface area contributed by atoms with Gasteiger partial charge in [0.2, 0.25) is 0 Å². The predicted octanol–water partition coefficient (Wildman–Crippen LogP) is 5.07. The number of aromatic nitrogens is 1. The molecular formula is C12H12BrClN2S. The average molecular weight is 332 g/mol. The molecule has 0 radical (unpaired) electrons. The van der Waals surface area contributed by atoms with E-state index in [1.807, 2.05) is 12.1 Å². The third-order valence-corrected chi connectivity index (χ3v) is 4.85. The Hall–Kier alpha value is -0.320. The molecule has 0 bridgehead atoms. The second-order valence-corrected chi connectivity index (χ2v) is 6.70. The highest BCUT2D eigenvalue weighted by molar-refractivity contribution is 9.10. The van der Waals surface area contributed by atoms with Crippen molar-refractivity contribution in [2.24, 2.45) is 0 Å². The van der Waals surface area contributed by atoms with Crippen molar-refractivity contribution in [2.75, 3.05) is 5.32 Å². The first-order chi connectivity index (χ1) is 8.22. The quantitative estimate of drug-likeness (QED) is 0.831. The highest BCUT2D eigenvalue weighted by Crippen LogP contribution is 2.35. The molecule has 0 unspecified atom stereocenters. The number of nitrogens with one attached hydrogen (secondary N) is 1. The van der Waals surface area contributed by atoms with E-state index in [1.165, 1.54) is 25.7 Å². The summed E-state index contributed by atoms with van der Waals surface area (Å²) in [5.41, 5.74) is 1.000. The van der Waals surface area contributed by atoms with E-state index < -0.39 is 0 Å². The van der Waals surface area contributed by atoms with Crippen LogP contribution < -0.4 is 5.32 Å². The monoisotopic (exact) mass is 330 g/mol. The third kappa shape index (κ3) is 2.44. The molecule has 1 heterocycles. The maximum Gasteiger partial charge on any atom is 0.184 e. The van der Waals surface area contributed by atoms with E-state index in [2.05, 4.69) is 26.2 Å². The molecule has 1 aliphatic rings. The smallest absolute Gasteiger partial charge is 0.184 e. The summed E-state index contributed by atoms with van der Waals surface area (Å²) in [6.07, 6.45) is 5.19. The minimum absolute atomic E-state index is 0.602. The normalized spacial score (nSPS) is 16.8. The Morgan fingerprint density at radius 1 is 1.35 bits per heavy atom. The Morgan fingerprint density at radius 2 is 2.12 bits per heavy atom. The van der Waals surface area contributed by atoms with E-state index in [0.29, 0.717) is 6.04 Å². The number of hydrogen-bond acceptors (Lipinski definition) is 3. The molecule has 1 aliphatic carbocycles. The standard InChI is InChI=1S/C12H12BrClN2S/c13-9-5-7(14)6-10-11(9)16-12(17-10)15-8-3-1-2-4-8/h5-6,8H,1-4H2,(H,15,16). The van der Waals surface area contributed by atoms with Gasteiger partial charge >= 0.3 is 0 Å². The Morgan fingerprint density at radius 3 is 2.88 bits per heavy atom. The highest BCUT2D eigenvalue weighted by atomic mass is 79.9. The summed E-state index contributed by atoms with van der Waals surface area (Å²) < 4.78 is 2.10. The van der Waals surface area contributed by atoms with Crippen molar-refractivity contribution in [1.29, 1.82) is 0 Å². The molecule has 0 spiro atoms. The van der Waals surface area contributed by atoms with Crippen LogP contribution in [0.15, 0.2) is 16.6 Å². The van der Waals surface area contributed by atoms with E-state index in [0.717, 1.165) is 24.8 Å². The van der Waals surface area contributed by atoms with Gasteiger partial charge in [0.25, 0.3) is 0 Å². The molecule has 1 aromatic carbocycles. The summed E-state index contributed by atoms with van der Waals surface area (Å²) in [5, 5.41) is 5.28. The molecule has 1 aromatic heterocycles. The van der Waals surface area contributed by atoms with Gasteiger partial charge in [-0.15, -0.1) is 0 Å². The van der Waals surface area contributed by atoms with Crippen molar-refractivity contribution in [3.63, 3.8) is 0 Å². The van der Waals surface area contributed by atoms with Crippen molar-refractivity contribution in [3.05, 3.63) is 21.6 Å². The Balaban J connectivity index is 1.93. The lowest BCUT2D eigenvalue weighted by Crippen LogP contribution is -2.13. The minimum atomic E-state index is 0.602. The van der Waals surface area contributed by atoms with Crippen LogP contribution in [-0.4, -0.2) is 11.0 Å². The van der Waals surface area contributed by atoms with Crippen LogP contribution >= 0.6 is 38.9 Å². The maximum atomic E-state index is 6.03. The van der Waals surface area contributed by atoms with E-state index in [1.54, 1.807) is 11.3 Å². The van der Waals surface area contributed by atoms with Gasteiger partial charge in [-0.1, -0.05) is 35.8 Å². The largest absolute Gasteiger partial charge is 0.359 e. The fraction of sp³-hybridized carbons (Fsp3) is 0.417. The molecule has 0 saturated heterocycles. The van der Waals surface area contributed by atoms with Gasteiger partial charge in [-0.3, -0.25) is 0 Å². The fourth-order valence-electron chi connectivity index (χ4n) is 2.26. The van der Waals surface area contributed by atoms with Crippen LogP contribution in [0.5, 0.6) is 0 Å². The number of benzene rings is 1. The van der Waals surface area contributed by atoms with Crippen molar-refractivity contribution in [2.45, 2.75) is 31.7 Å². The SMILES string of the molecule is Clc1cc(Br)c2nc(NC3CCCC3)sc2c1. The van der Waals surface area contributed by atoms with Crippen LogP contribution in [0.25, 0.3) is 10.2 Å². The van der Waals surface area contributed by atoms with Gasteiger partial charge in [-0.05, 0) is 40.9 Å². The van der Waals surface area contributed by atoms with Gasteiger partial charge in [-0.25, -0.2) is 4.98 Å². The summed E-state index contributed by atoms with van der Waals surface area (Å²) in [7, 11) is 0. The van der Waals surface area contributed by atoms with Gasteiger partial charge in [0.15, 0.2) is 5.13 Å². The van der Waals surface area contributed by atoms with Crippen molar-refractivity contribution >= 4 is 54.2 Å². The van der Waals surface area contributed by atoms with Crippen LogP contribution in [-0.2, 0) is 0 Å². The number of hydrogen-bond donors (Lipinski definition) is 1. The number of halogens is 2. The molecule has 1 N–H and O–H groups in total. The maximum absolute atomic E-state index is 6.03. The Labute approximate surface area is 118 Å². The summed E-state index contributed by atoms with van der Waals surface area (Å²) in [6, 6.07) is 4.46. The van der Waals surface area contributed by atoms with Gasteiger partial charge in [-0.2, -0.15) is 0 Å². The lowest BCUT2D eigenvalue weighted by Gasteiger charge is -2.09. The molecular weight excluding hydrogens is 320 g/mol. The van der Waals surface area contributed by atoms with Crippen LogP contribution in [0.2, 0.25) is 5.02 Å². The number of rotatable bonds is 2. The fourth-order valence-corrected chi connectivity index (χ4v) is 4.37. The Bertz CT molecular complexity index is 549. The van der Waals surface area contributed by atoms with Crippen LogP contribution in [0, 0.1) is 0 Å². The number of nitrogens with zero attached hydrogens (tertiary/aromatic N) is 1. The minimum Gasteiger partial charge on any atom is -0.359 e. The highest BCUT2D eigenvalue weighted by Gasteiger charge is 2.16. The molecule has 90 valence electrons. The molecule has 1 saturated carbocycles. The van der Waals surface area contributed by atoms with Crippen molar-refractivity contribution in [3.8, 4) is 0 Å². The van der Waals surface area contributed by atoms with E-state index in [-0.39, 0.29) is 0 Å². The first kappa shape index (κ1) is 11.8. The summed E-state index contributed by atoms with van der Waals surface area (Å²) in [5.74, 6) is 0. The molecule has 3 rings (SSSR count). The molecule has 1 fully saturated rings. The first-order valence-corrected chi connectivity index (χ1v) is 7.73. The van der Waals surface area contributed by atoms with E-state index >= 15 is 0 Å². The average Bonchev–Trinajstić information content (AvgIpc) is 2.87. The van der Waals surface area contributed by atoms with Crippen LogP contribution in [0.1, 0.15) is 25.7 Å². The predicted molar refractivity (Wildman–Crippen MR) is 78.2 cm³/mol. The summed E-state index contributed by atoms with van der Waals surface area (Å²) in [4.78, 5) is 4.62. The topological polar surface area (TPSA) is 24.9 Å². The van der Waals surface area contributed by atoms with Gasteiger partial charge in [0.05, 0.1) is 10.2 Å². The number of anilines is 1. The zero-order valence-electron chi connectivity index (χ0n) is 9.17. The molecule has 0 amide bonds. The number of fused-ring (bicyclic) bond motifs is 1. The van der Waals surface area contributed by atoms with Gasteiger partial charge in [0.1, 0.15) is 0 Å². The zero-order chi connectivity index (χ0) is 11.8. The summed E-state index contributed by atoms with van der Waals surface area (Å²) in [6.45, 7) is 0. The van der Waals surface area contributed by atoms with Crippen molar-refractivity contribution < 1.29 is 0 Å². The van der Waals surface area contributed by atoms with E-state index in [9.17, 15) is 0 Å². The van der Waals surface area contributed by atoms with Crippen LogP contribution in [0.3, 0.4) is 0 Å². The van der Waals surface area contributed by atoms with E-state index in [4.69, 9.17) is 11.6 Å². The van der Waals surface area contributed by atoms with Gasteiger partial charge < -0.3 is 5.32 Å². The van der Waals surface area contributed by atoms with Crippen LogP contribution in [0.4, 0.5) is 5.13 Å². The first-order valence-electron chi connectivity index (χ1n) is 5.74. The lowest BCUT2D eigenvalue weighted by atomic mass is 10.3. The molecule has 2 aromatic rings. The molecule has 5 heteroatoms. The zero-order valence-corrected chi connectivity index (χ0v) is 12.3. The van der Waals surface area contributed by atoms with Gasteiger partial charge in [0, 0.05) is 15.5 Å².